The first kappa shape index (κ1) is 20.9. The lowest BCUT2D eigenvalue weighted by atomic mass is 10.1. The Labute approximate surface area is 191 Å². The second kappa shape index (κ2) is 9.63. The maximum Gasteiger partial charge on any atom is 0.255 e. The molecule has 4 rings (SSSR count). The van der Waals surface area contributed by atoms with Gasteiger partial charge in [-0.3, -0.25) is 14.6 Å². The van der Waals surface area contributed by atoms with Gasteiger partial charge in [-0.05, 0) is 48.0 Å². The van der Waals surface area contributed by atoms with E-state index < -0.39 is 0 Å². The zero-order valence-electron chi connectivity index (χ0n) is 16.2. The number of thiazole rings is 1. The summed E-state index contributed by atoms with van der Waals surface area (Å²) in [7, 11) is 0. The number of benzene rings is 2. The monoisotopic (exact) mass is 492 g/mol. The van der Waals surface area contributed by atoms with Crippen LogP contribution < -0.4 is 10.6 Å². The van der Waals surface area contributed by atoms with Crippen LogP contribution in [0, 0.1) is 0 Å². The van der Waals surface area contributed by atoms with Crippen LogP contribution in [0.4, 0.5) is 10.8 Å². The van der Waals surface area contributed by atoms with E-state index in [1.807, 2.05) is 47.8 Å². The van der Waals surface area contributed by atoms with Crippen molar-refractivity contribution in [2.75, 3.05) is 10.6 Å². The Morgan fingerprint density at radius 1 is 0.935 bits per heavy atom. The number of carbonyl (C=O) groups is 2. The molecule has 0 unspecified atom stereocenters. The van der Waals surface area contributed by atoms with Crippen molar-refractivity contribution < 1.29 is 9.59 Å². The zero-order valence-corrected chi connectivity index (χ0v) is 18.6. The molecule has 0 aliphatic carbocycles. The first-order chi connectivity index (χ1) is 15.1. The van der Waals surface area contributed by atoms with Crippen molar-refractivity contribution in [2.24, 2.45) is 0 Å². The lowest BCUT2D eigenvalue weighted by Crippen LogP contribution is -2.14. The number of hydrogen-bond acceptors (Lipinski definition) is 5. The number of aromatic nitrogens is 2. The van der Waals surface area contributed by atoms with E-state index >= 15 is 0 Å². The summed E-state index contributed by atoms with van der Waals surface area (Å²) in [6.07, 6.45) is 1.91. The Kier molecular flexibility index (Phi) is 6.49. The van der Waals surface area contributed by atoms with E-state index in [1.54, 1.807) is 30.5 Å². The molecule has 0 radical (unpaired) electrons. The second-order valence-electron chi connectivity index (χ2n) is 6.64. The molecule has 2 amide bonds. The fraction of sp³-hybridized carbons (Fsp3) is 0.0435. The van der Waals surface area contributed by atoms with Crippen molar-refractivity contribution in [2.45, 2.75) is 6.42 Å². The van der Waals surface area contributed by atoms with Crippen LogP contribution in [0.1, 0.15) is 15.9 Å². The number of nitrogens with zero attached hydrogens (tertiary/aromatic N) is 2. The number of pyridine rings is 1. The highest BCUT2D eigenvalue weighted by atomic mass is 79.9. The molecular weight excluding hydrogens is 476 g/mol. The lowest BCUT2D eigenvalue weighted by molar-refractivity contribution is -0.115. The highest BCUT2D eigenvalue weighted by Gasteiger charge is 2.10. The Morgan fingerprint density at radius 3 is 2.52 bits per heavy atom. The molecule has 4 aromatic rings. The quantitative estimate of drug-likeness (QED) is 0.377. The molecule has 2 aromatic heterocycles. The number of anilines is 2. The molecule has 0 bridgehead atoms. The Bertz CT molecular complexity index is 1210. The standard InChI is InChI=1S/C23H17BrN4O2S/c24-17-5-3-4-16(13-17)22(30)26-18-9-7-15(8-10-18)12-21(29)28-23-27-20(14-31-23)19-6-1-2-11-25-19/h1-11,13-14H,12H2,(H,26,30)(H,27,28,29). The van der Waals surface area contributed by atoms with Crippen LogP contribution in [0.3, 0.4) is 0 Å². The Hall–Kier alpha value is -3.36. The fourth-order valence-electron chi connectivity index (χ4n) is 2.85. The van der Waals surface area contributed by atoms with Crippen LogP contribution in [-0.2, 0) is 11.2 Å². The van der Waals surface area contributed by atoms with Crippen molar-refractivity contribution in [3.8, 4) is 11.4 Å². The fourth-order valence-corrected chi connectivity index (χ4v) is 3.97. The maximum atomic E-state index is 12.4. The van der Waals surface area contributed by atoms with Crippen molar-refractivity contribution in [3.63, 3.8) is 0 Å². The van der Waals surface area contributed by atoms with Gasteiger partial charge in [-0.25, -0.2) is 4.98 Å². The van der Waals surface area contributed by atoms with Crippen molar-refractivity contribution >= 4 is 49.9 Å². The molecule has 0 saturated carbocycles. The van der Waals surface area contributed by atoms with Crippen LogP contribution in [0.15, 0.2) is 82.8 Å². The molecule has 154 valence electrons. The van der Waals surface area contributed by atoms with Gasteiger partial charge in [0.2, 0.25) is 5.91 Å². The number of nitrogens with one attached hydrogen (secondary N) is 2. The predicted octanol–water partition coefficient (Wildman–Crippen LogP) is 5.40. The van der Waals surface area contributed by atoms with E-state index in [1.165, 1.54) is 11.3 Å². The highest BCUT2D eigenvalue weighted by Crippen LogP contribution is 2.23. The average molecular weight is 493 g/mol. The Morgan fingerprint density at radius 2 is 1.77 bits per heavy atom. The molecule has 0 aliphatic rings. The van der Waals surface area contributed by atoms with Crippen LogP contribution in [0.5, 0.6) is 0 Å². The summed E-state index contributed by atoms with van der Waals surface area (Å²) < 4.78 is 0.842. The van der Waals surface area contributed by atoms with Gasteiger partial charge in [0.25, 0.3) is 5.91 Å². The molecule has 6 nitrogen and oxygen atoms in total. The first-order valence-corrected chi connectivity index (χ1v) is 11.1. The van der Waals surface area contributed by atoms with Crippen LogP contribution in [-0.4, -0.2) is 21.8 Å². The van der Waals surface area contributed by atoms with Gasteiger partial charge in [0, 0.05) is 27.3 Å². The summed E-state index contributed by atoms with van der Waals surface area (Å²) in [5.74, 6) is -0.355. The van der Waals surface area contributed by atoms with Crippen molar-refractivity contribution in [1.82, 2.24) is 9.97 Å². The van der Waals surface area contributed by atoms with Crippen LogP contribution in [0.25, 0.3) is 11.4 Å². The third-order valence-corrected chi connectivity index (χ3v) is 5.59. The zero-order chi connectivity index (χ0) is 21.6. The van der Waals surface area contributed by atoms with Crippen molar-refractivity contribution in [3.05, 3.63) is 93.9 Å². The summed E-state index contributed by atoms with van der Waals surface area (Å²) in [4.78, 5) is 33.4. The van der Waals surface area contributed by atoms with Gasteiger partial charge < -0.3 is 10.6 Å². The van der Waals surface area contributed by atoms with E-state index in [9.17, 15) is 9.59 Å². The molecule has 0 aliphatic heterocycles. The molecule has 2 aromatic carbocycles. The molecule has 8 heteroatoms. The predicted molar refractivity (Wildman–Crippen MR) is 126 cm³/mol. The summed E-state index contributed by atoms with van der Waals surface area (Å²) >= 11 is 4.72. The van der Waals surface area contributed by atoms with E-state index in [-0.39, 0.29) is 18.2 Å². The van der Waals surface area contributed by atoms with E-state index in [2.05, 4.69) is 36.5 Å². The van der Waals surface area contributed by atoms with Gasteiger partial charge >= 0.3 is 0 Å². The largest absolute Gasteiger partial charge is 0.322 e. The lowest BCUT2D eigenvalue weighted by Gasteiger charge is -2.07. The van der Waals surface area contributed by atoms with Gasteiger partial charge in [0.15, 0.2) is 5.13 Å². The van der Waals surface area contributed by atoms with Gasteiger partial charge in [-0.2, -0.15) is 0 Å². The number of carbonyl (C=O) groups excluding carboxylic acids is 2. The molecule has 0 saturated heterocycles. The van der Waals surface area contributed by atoms with Gasteiger partial charge in [0.05, 0.1) is 12.1 Å². The molecule has 0 fully saturated rings. The summed E-state index contributed by atoms with van der Waals surface area (Å²) in [6, 6.07) is 20.0. The highest BCUT2D eigenvalue weighted by molar-refractivity contribution is 9.10. The van der Waals surface area contributed by atoms with Gasteiger partial charge in [-0.1, -0.05) is 40.2 Å². The van der Waals surface area contributed by atoms with Crippen LogP contribution >= 0.6 is 27.3 Å². The average Bonchev–Trinajstić information content (AvgIpc) is 3.24. The number of halogens is 1. The molecule has 0 spiro atoms. The van der Waals surface area contributed by atoms with Gasteiger partial charge in [-0.15, -0.1) is 11.3 Å². The minimum absolute atomic E-state index is 0.159. The second-order valence-corrected chi connectivity index (χ2v) is 8.41. The van der Waals surface area contributed by atoms with E-state index in [4.69, 9.17) is 0 Å². The minimum Gasteiger partial charge on any atom is -0.322 e. The topological polar surface area (TPSA) is 84.0 Å². The SMILES string of the molecule is O=C(Cc1ccc(NC(=O)c2cccc(Br)c2)cc1)Nc1nc(-c2ccccn2)cs1. The smallest absolute Gasteiger partial charge is 0.255 e. The minimum atomic E-state index is -0.195. The molecule has 2 N–H and O–H groups in total. The number of amides is 2. The van der Waals surface area contributed by atoms with E-state index in [0.29, 0.717) is 16.4 Å². The third kappa shape index (κ3) is 5.62. The third-order valence-electron chi connectivity index (χ3n) is 4.34. The van der Waals surface area contributed by atoms with Crippen LogP contribution in [0.2, 0.25) is 0 Å². The van der Waals surface area contributed by atoms with Gasteiger partial charge in [0.1, 0.15) is 5.69 Å². The number of rotatable bonds is 6. The maximum absolute atomic E-state index is 12.4. The summed E-state index contributed by atoms with van der Waals surface area (Å²) in [5.41, 5.74) is 3.55. The Balaban J connectivity index is 1.33. The molecule has 31 heavy (non-hydrogen) atoms. The molecule has 0 atom stereocenters. The normalized spacial score (nSPS) is 10.5. The van der Waals surface area contributed by atoms with E-state index in [0.717, 1.165) is 21.4 Å². The molecular formula is C23H17BrN4O2S. The molecule has 2 heterocycles. The first-order valence-electron chi connectivity index (χ1n) is 9.39. The van der Waals surface area contributed by atoms with Crippen molar-refractivity contribution in [1.29, 1.82) is 0 Å². The summed E-state index contributed by atoms with van der Waals surface area (Å²) in [6.45, 7) is 0. The summed E-state index contributed by atoms with van der Waals surface area (Å²) in [5, 5.41) is 8.06. The number of hydrogen-bond donors (Lipinski definition) is 2.